The van der Waals surface area contributed by atoms with Gasteiger partial charge in [-0.2, -0.15) is 0 Å². The number of ether oxygens (including phenoxy) is 1. The summed E-state index contributed by atoms with van der Waals surface area (Å²) in [5.41, 5.74) is 2.23. The molecule has 0 aromatic heterocycles. The number of nitrogens with zero attached hydrogens (tertiary/aromatic N) is 1. The fraction of sp³-hybridized carbons (Fsp3) is 0.500. The van der Waals surface area contributed by atoms with Crippen LogP contribution < -0.4 is 0 Å². The van der Waals surface area contributed by atoms with Gasteiger partial charge in [0.05, 0.1) is 6.61 Å². The molecule has 0 aliphatic rings. The van der Waals surface area contributed by atoms with Crippen LogP contribution >= 0.6 is 0 Å². The minimum Gasteiger partial charge on any atom is -0.480 e. The molecule has 0 amide bonds. The SMILES string of the molecule is CCC(C(=O)O)N(C)Cc1ccc(COC)cc1. The first-order chi connectivity index (χ1) is 8.58. The lowest BCUT2D eigenvalue weighted by atomic mass is 10.1. The minimum absolute atomic E-state index is 0.427. The first kappa shape index (κ1) is 14.7. The summed E-state index contributed by atoms with van der Waals surface area (Å²) < 4.78 is 5.05. The van der Waals surface area contributed by atoms with E-state index in [2.05, 4.69) is 0 Å². The maximum Gasteiger partial charge on any atom is 0.320 e. The first-order valence-electron chi connectivity index (χ1n) is 6.08. The van der Waals surface area contributed by atoms with Crippen molar-refractivity contribution in [3.8, 4) is 0 Å². The van der Waals surface area contributed by atoms with Crippen molar-refractivity contribution >= 4 is 5.97 Å². The van der Waals surface area contributed by atoms with Crippen molar-refractivity contribution in [3.05, 3.63) is 35.4 Å². The van der Waals surface area contributed by atoms with Gasteiger partial charge in [-0.05, 0) is 24.6 Å². The van der Waals surface area contributed by atoms with Crippen molar-refractivity contribution in [3.63, 3.8) is 0 Å². The molecule has 1 N–H and O–H groups in total. The van der Waals surface area contributed by atoms with Crippen LogP contribution in [0.3, 0.4) is 0 Å². The Kier molecular flexibility index (Phi) is 5.82. The molecule has 0 spiro atoms. The van der Waals surface area contributed by atoms with Crippen LogP contribution in [0.15, 0.2) is 24.3 Å². The molecule has 1 unspecified atom stereocenters. The lowest BCUT2D eigenvalue weighted by Gasteiger charge is -2.23. The topological polar surface area (TPSA) is 49.8 Å². The molecular weight excluding hydrogens is 230 g/mol. The molecule has 1 atom stereocenters. The standard InChI is InChI=1S/C14H21NO3/c1-4-13(14(16)17)15(2)9-11-5-7-12(8-6-11)10-18-3/h5-8,13H,4,9-10H2,1-3H3,(H,16,17). The van der Waals surface area contributed by atoms with Crippen LogP contribution in [0.5, 0.6) is 0 Å². The van der Waals surface area contributed by atoms with Crippen molar-refractivity contribution in [2.45, 2.75) is 32.5 Å². The Balaban J connectivity index is 2.63. The Morgan fingerprint density at radius 2 is 1.89 bits per heavy atom. The van der Waals surface area contributed by atoms with Gasteiger partial charge in [0.2, 0.25) is 0 Å². The van der Waals surface area contributed by atoms with Gasteiger partial charge in [-0.3, -0.25) is 9.69 Å². The van der Waals surface area contributed by atoms with Crippen molar-refractivity contribution in [2.24, 2.45) is 0 Å². The number of carboxylic acid groups (broad SMARTS) is 1. The lowest BCUT2D eigenvalue weighted by Crippen LogP contribution is -2.37. The molecule has 0 saturated carbocycles. The number of hydrogen-bond donors (Lipinski definition) is 1. The number of carboxylic acids is 1. The third kappa shape index (κ3) is 4.13. The number of carbonyl (C=O) groups is 1. The second-order valence-electron chi connectivity index (χ2n) is 4.43. The Morgan fingerprint density at radius 1 is 1.33 bits per heavy atom. The van der Waals surface area contributed by atoms with Crippen LogP contribution in [0.4, 0.5) is 0 Å². The fourth-order valence-corrected chi connectivity index (χ4v) is 1.98. The molecule has 0 radical (unpaired) electrons. The Labute approximate surface area is 108 Å². The van der Waals surface area contributed by atoms with E-state index in [1.54, 1.807) is 7.11 Å². The third-order valence-electron chi connectivity index (χ3n) is 2.97. The zero-order valence-corrected chi connectivity index (χ0v) is 11.2. The van der Waals surface area contributed by atoms with Crippen LogP contribution in [0.2, 0.25) is 0 Å². The van der Waals surface area contributed by atoms with Crippen LogP contribution in [0, 0.1) is 0 Å². The van der Waals surface area contributed by atoms with E-state index in [1.807, 2.05) is 43.1 Å². The van der Waals surface area contributed by atoms with Crippen LogP contribution in [0.1, 0.15) is 24.5 Å². The molecule has 100 valence electrons. The van der Waals surface area contributed by atoms with E-state index in [4.69, 9.17) is 9.84 Å². The summed E-state index contributed by atoms with van der Waals surface area (Å²) in [5.74, 6) is -0.768. The molecule has 4 heteroatoms. The predicted octanol–water partition coefficient (Wildman–Crippen LogP) is 2.13. The zero-order chi connectivity index (χ0) is 13.5. The van der Waals surface area contributed by atoms with Crippen molar-refractivity contribution in [2.75, 3.05) is 14.2 Å². The zero-order valence-electron chi connectivity index (χ0n) is 11.2. The second-order valence-corrected chi connectivity index (χ2v) is 4.43. The summed E-state index contributed by atoms with van der Waals surface area (Å²) in [5, 5.41) is 9.08. The number of benzene rings is 1. The van der Waals surface area contributed by atoms with Crippen LogP contribution in [0.25, 0.3) is 0 Å². The molecule has 0 aliphatic carbocycles. The van der Waals surface area contributed by atoms with E-state index < -0.39 is 12.0 Å². The maximum atomic E-state index is 11.0. The number of aliphatic carboxylic acids is 1. The average molecular weight is 251 g/mol. The number of methoxy groups -OCH3 is 1. The molecule has 1 aromatic rings. The van der Waals surface area contributed by atoms with Gasteiger partial charge in [0, 0.05) is 13.7 Å². The molecular formula is C14H21NO3. The van der Waals surface area contributed by atoms with Gasteiger partial charge >= 0.3 is 5.97 Å². The van der Waals surface area contributed by atoms with Gasteiger partial charge in [0.1, 0.15) is 6.04 Å². The summed E-state index contributed by atoms with van der Waals surface area (Å²) in [6, 6.07) is 7.62. The normalized spacial score (nSPS) is 12.7. The predicted molar refractivity (Wildman–Crippen MR) is 70.3 cm³/mol. The molecule has 0 bridgehead atoms. The smallest absolute Gasteiger partial charge is 0.320 e. The van der Waals surface area contributed by atoms with Gasteiger partial charge < -0.3 is 9.84 Å². The summed E-state index contributed by atoms with van der Waals surface area (Å²) in [7, 11) is 3.51. The minimum atomic E-state index is -0.768. The summed E-state index contributed by atoms with van der Waals surface area (Å²) in [6.07, 6.45) is 0.605. The first-order valence-corrected chi connectivity index (χ1v) is 6.08. The van der Waals surface area contributed by atoms with E-state index >= 15 is 0 Å². The van der Waals surface area contributed by atoms with Crippen LogP contribution in [-0.2, 0) is 22.7 Å². The van der Waals surface area contributed by atoms with Gasteiger partial charge in [0.25, 0.3) is 0 Å². The Morgan fingerprint density at radius 3 is 2.33 bits per heavy atom. The van der Waals surface area contributed by atoms with E-state index in [9.17, 15) is 4.79 Å². The molecule has 0 saturated heterocycles. The van der Waals surface area contributed by atoms with Gasteiger partial charge in [0.15, 0.2) is 0 Å². The highest BCUT2D eigenvalue weighted by Gasteiger charge is 2.20. The number of hydrogen-bond acceptors (Lipinski definition) is 3. The Hall–Kier alpha value is -1.39. The third-order valence-corrected chi connectivity index (χ3v) is 2.97. The van der Waals surface area contributed by atoms with E-state index in [0.29, 0.717) is 19.6 Å². The summed E-state index contributed by atoms with van der Waals surface area (Å²) >= 11 is 0. The molecule has 1 rings (SSSR count). The maximum absolute atomic E-state index is 11.0. The van der Waals surface area contributed by atoms with Gasteiger partial charge in [-0.15, -0.1) is 0 Å². The number of likely N-dealkylation sites (N-methyl/N-ethyl adjacent to an activating group) is 1. The Bertz CT molecular complexity index is 375. The summed E-state index contributed by atoms with van der Waals surface area (Å²) in [4.78, 5) is 12.9. The van der Waals surface area contributed by atoms with Crippen molar-refractivity contribution in [1.29, 1.82) is 0 Å². The van der Waals surface area contributed by atoms with E-state index in [0.717, 1.165) is 11.1 Å². The van der Waals surface area contributed by atoms with Gasteiger partial charge in [-0.1, -0.05) is 31.2 Å². The van der Waals surface area contributed by atoms with Gasteiger partial charge in [-0.25, -0.2) is 0 Å². The summed E-state index contributed by atoms with van der Waals surface area (Å²) in [6.45, 7) is 3.12. The highest BCUT2D eigenvalue weighted by Crippen LogP contribution is 2.11. The van der Waals surface area contributed by atoms with Crippen molar-refractivity contribution in [1.82, 2.24) is 4.90 Å². The number of rotatable bonds is 7. The van der Waals surface area contributed by atoms with Crippen molar-refractivity contribution < 1.29 is 14.6 Å². The highest BCUT2D eigenvalue weighted by molar-refractivity contribution is 5.73. The van der Waals surface area contributed by atoms with E-state index in [-0.39, 0.29) is 0 Å². The quantitative estimate of drug-likeness (QED) is 0.806. The van der Waals surface area contributed by atoms with Crippen LogP contribution in [-0.4, -0.2) is 36.2 Å². The molecule has 18 heavy (non-hydrogen) atoms. The van der Waals surface area contributed by atoms with E-state index in [1.165, 1.54) is 0 Å². The molecule has 0 heterocycles. The molecule has 4 nitrogen and oxygen atoms in total. The second kappa shape index (κ2) is 7.13. The fourth-order valence-electron chi connectivity index (χ4n) is 1.98. The monoisotopic (exact) mass is 251 g/mol. The average Bonchev–Trinajstić information content (AvgIpc) is 2.32. The molecule has 0 aliphatic heterocycles. The lowest BCUT2D eigenvalue weighted by molar-refractivity contribution is -0.143. The highest BCUT2D eigenvalue weighted by atomic mass is 16.5. The molecule has 1 aromatic carbocycles. The molecule has 0 fully saturated rings. The largest absolute Gasteiger partial charge is 0.480 e.